The van der Waals surface area contributed by atoms with Crippen LogP contribution in [0.15, 0.2) is 24.3 Å². The van der Waals surface area contributed by atoms with Gasteiger partial charge in [-0.1, -0.05) is 43.7 Å². The summed E-state index contributed by atoms with van der Waals surface area (Å²) in [5.74, 6) is 0. The smallest absolute Gasteiger partial charge is 0.145 e. The summed E-state index contributed by atoms with van der Waals surface area (Å²) in [6.07, 6.45) is 0. The standard InChI is InChI=1S/C10H14FN.C2H6/c1-8-3-5-9(6-4-8)10(2,11)7-12;1-2/h3-6H,7,12H2,1-2H3;1-2H3. The average Bonchev–Trinajstić information content (AvgIpc) is 2.21. The van der Waals surface area contributed by atoms with E-state index >= 15 is 0 Å². The van der Waals surface area contributed by atoms with Crippen molar-refractivity contribution >= 4 is 0 Å². The highest BCUT2D eigenvalue weighted by molar-refractivity contribution is 5.26. The molecule has 2 heteroatoms. The van der Waals surface area contributed by atoms with Crippen molar-refractivity contribution in [3.8, 4) is 0 Å². The van der Waals surface area contributed by atoms with Gasteiger partial charge in [0.25, 0.3) is 0 Å². The minimum Gasteiger partial charge on any atom is -0.327 e. The number of hydrogen-bond donors (Lipinski definition) is 1. The van der Waals surface area contributed by atoms with E-state index in [1.165, 1.54) is 6.92 Å². The van der Waals surface area contributed by atoms with Crippen LogP contribution in [0.1, 0.15) is 31.9 Å². The summed E-state index contributed by atoms with van der Waals surface area (Å²) >= 11 is 0. The Bertz CT molecular complexity index is 252. The van der Waals surface area contributed by atoms with Crippen LogP contribution < -0.4 is 5.73 Å². The van der Waals surface area contributed by atoms with Gasteiger partial charge in [0.05, 0.1) is 0 Å². The van der Waals surface area contributed by atoms with Gasteiger partial charge in [-0.3, -0.25) is 0 Å². The minimum atomic E-state index is -1.40. The summed E-state index contributed by atoms with van der Waals surface area (Å²) in [5, 5.41) is 0. The van der Waals surface area contributed by atoms with Crippen LogP contribution in [0.25, 0.3) is 0 Å². The third-order valence-corrected chi connectivity index (χ3v) is 2.04. The second-order valence-corrected chi connectivity index (χ2v) is 3.27. The van der Waals surface area contributed by atoms with E-state index in [0.717, 1.165) is 5.56 Å². The van der Waals surface area contributed by atoms with Gasteiger partial charge < -0.3 is 5.73 Å². The van der Waals surface area contributed by atoms with Crippen LogP contribution in [0.3, 0.4) is 0 Å². The topological polar surface area (TPSA) is 26.0 Å². The predicted octanol–water partition coefficient (Wildman–Crippen LogP) is 3.16. The van der Waals surface area contributed by atoms with Crippen molar-refractivity contribution in [3.05, 3.63) is 35.4 Å². The van der Waals surface area contributed by atoms with E-state index in [0.29, 0.717) is 5.56 Å². The highest BCUT2D eigenvalue weighted by Crippen LogP contribution is 2.23. The van der Waals surface area contributed by atoms with Crippen molar-refractivity contribution in [1.82, 2.24) is 0 Å². The number of rotatable bonds is 2. The summed E-state index contributed by atoms with van der Waals surface area (Å²) < 4.78 is 13.6. The second-order valence-electron chi connectivity index (χ2n) is 3.27. The lowest BCUT2D eigenvalue weighted by Gasteiger charge is -2.18. The van der Waals surface area contributed by atoms with Crippen LogP contribution >= 0.6 is 0 Å². The maximum Gasteiger partial charge on any atom is 0.145 e. The summed E-state index contributed by atoms with van der Waals surface area (Å²) in [5.41, 5.74) is 5.69. The molecule has 0 amide bonds. The molecule has 80 valence electrons. The molecular formula is C12H20FN. The molecule has 0 saturated heterocycles. The molecule has 0 aliphatic carbocycles. The van der Waals surface area contributed by atoms with E-state index in [4.69, 9.17) is 5.73 Å². The first-order valence-electron chi connectivity index (χ1n) is 5.02. The molecular weight excluding hydrogens is 177 g/mol. The fraction of sp³-hybridized carbons (Fsp3) is 0.500. The van der Waals surface area contributed by atoms with E-state index in [2.05, 4.69) is 0 Å². The first-order valence-corrected chi connectivity index (χ1v) is 5.02. The van der Waals surface area contributed by atoms with Gasteiger partial charge in [-0.25, -0.2) is 4.39 Å². The molecule has 1 rings (SSSR count). The Morgan fingerprint density at radius 1 is 1.21 bits per heavy atom. The molecule has 0 saturated carbocycles. The van der Waals surface area contributed by atoms with Gasteiger partial charge in [0.1, 0.15) is 5.67 Å². The zero-order chi connectivity index (χ0) is 11.2. The molecule has 1 atom stereocenters. The number of benzene rings is 1. The molecule has 1 aromatic rings. The van der Waals surface area contributed by atoms with Gasteiger partial charge >= 0.3 is 0 Å². The molecule has 2 N–H and O–H groups in total. The minimum absolute atomic E-state index is 0.0239. The molecule has 0 spiro atoms. The Morgan fingerprint density at radius 3 is 2.00 bits per heavy atom. The molecule has 14 heavy (non-hydrogen) atoms. The van der Waals surface area contributed by atoms with Gasteiger partial charge in [0.15, 0.2) is 0 Å². The van der Waals surface area contributed by atoms with Crippen LogP contribution in [0.4, 0.5) is 4.39 Å². The monoisotopic (exact) mass is 197 g/mol. The van der Waals surface area contributed by atoms with Crippen LogP contribution in [-0.4, -0.2) is 6.54 Å². The van der Waals surface area contributed by atoms with Gasteiger partial charge in [-0.15, -0.1) is 0 Å². The fourth-order valence-corrected chi connectivity index (χ4v) is 1.02. The van der Waals surface area contributed by atoms with Crippen LogP contribution in [0, 0.1) is 6.92 Å². The number of alkyl halides is 1. The van der Waals surface area contributed by atoms with Gasteiger partial charge in [0.2, 0.25) is 0 Å². The largest absolute Gasteiger partial charge is 0.327 e. The van der Waals surface area contributed by atoms with Crippen molar-refractivity contribution in [2.24, 2.45) is 5.73 Å². The maximum atomic E-state index is 13.6. The van der Waals surface area contributed by atoms with Gasteiger partial charge in [-0.05, 0) is 19.4 Å². The summed E-state index contributed by atoms with van der Waals surface area (Å²) in [4.78, 5) is 0. The number of hydrogen-bond acceptors (Lipinski definition) is 1. The lowest BCUT2D eigenvalue weighted by Crippen LogP contribution is -2.26. The Labute approximate surface area is 86.1 Å². The molecule has 1 unspecified atom stereocenters. The van der Waals surface area contributed by atoms with Crippen molar-refractivity contribution in [3.63, 3.8) is 0 Å². The van der Waals surface area contributed by atoms with Crippen molar-refractivity contribution in [2.75, 3.05) is 6.54 Å². The molecule has 0 heterocycles. The Kier molecular flexibility index (Phi) is 5.39. The lowest BCUT2D eigenvalue weighted by molar-refractivity contribution is 0.203. The lowest BCUT2D eigenvalue weighted by atomic mass is 9.97. The molecule has 0 aliphatic rings. The zero-order valence-electron chi connectivity index (χ0n) is 9.47. The van der Waals surface area contributed by atoms with Crippen molar-refractivity contribution in [2.45, 2.75) is 33.4 Å². The quantitative estimate of drug-likeness (QED) is 0.774. The van der Waals surface area contributed by atoms with E-state index in [9.17, 15) is 4.39 Å². The molecule has 1 nitrogen and oxygen atoms in total. The molecule has 0 aromatic heterocycles. The highest BCUT2D eigenvalue weighted by atomic mass is 19.1. The van der Waals surface area contributed by atoms with E-state index < -0.39 is 5.67 Å². The molecule has 0 aliphatic heterocycles. The fourth-order valence-electron chi connectivity index (χ4n) is 1.02. The number of aryl methyl sites for hydroxylation is 1. The van der Waals surface area contributed by atoms with E-state index in [1.54, 1.807) is 12.1 Å². The van der Waals surface area contributed by atoms with Gasteiger partial charge in [0, 0.05) is 6.54 Å². The predicted molar refractivity (Wildman–Crippen MR) is 60.0 cm³/mol. The first kappa shape index (κ1) is 13.1. The number of halogens is 1. The zero-order valence-corrected chi connectivity index (χ0v) is 9.47. The Balaban J connectivity index is 0.000000791. The summed E-state index contributed by atoms with van der Waals surface area (Å²) in [6.45, 7) is 7.50. The molecule has 1 aromatic carbocycles. The summed E-state index contributed by atoms with van der Waals surface area (Å²) in [7, 11) is 0. The number of nitrogens with two attached hydrogens (primary N) is 1. The van der Waals surface area contributed by atoms with E-state index in [1.807, 2.05) is 32.9 Å². The third kappa shape index (κ3) is 3.46. The molecule has 0 radical (unpaired) electrons. The molecule has 0 fully saturated rings. The normalized spacial score (nSPS) is 13.9. The highest BCUT2D eigenvalue weighted by Gasteiger charge is 2.22. The van der Waals surface area contributed by atoms with E-state index in [-0.39, 0.29) is 6.54 Å². The first-order chi connectivity index (χ1) is 6.56. The van der Waals surface area contributed by atoms with Crippen LogP contribution in [-0.2, 0) is 5.67 Å². The molecule has 0 bridgehead atoms. The second kappa shape index (κ2) is 5.76. The maximum absolute atomic E-state index is 13.6. The Morgan fingerprint density at radius 2 is 1.64 bits per heavy atom. The summed E-state index contributed by atoms with van der Waals surface area (Å²) in [6, 6.07) is 7.34. The average molecular weight is 197 g/mol. The van der Waals surface area contributed by atoms with Gasteiger partial charge in [-0.2, -0.15) is 0 Å². The third-order valence-electron chi connectivity index (χ3n) is 2.04. The van der Waals surface area contributed by atoms with Crippen LogP contribution in [0.5, 0.6) is 0 Å². The van der Waals surface area contributed by atoms with Crippen molar-refractivity contribution in [1.29, 1.82) is 0 Å². The Hall–Kier alpha value is -0.890. The SMILES string of the molecule is CC.Cc1ccc(C(C)(F)CN)cc1. The van der Waals surface area contributed by atoms with Crippen molar-refractivity contribution < 1.29 is 4.39 Å². The van der Waals surface area contributed by atoms with Crippen LogP contribution in [0.2, 0.25) is 0 Å².